The van der Waals surface area contributed by atoms with E-state index in [9.17, 15) is 20.4 Å². The van der Waals surface area contributed by atoms with Gasteiger partial charge in [0.1, 0.15) is 36.1 Å². The van der Waals surface area contributed by atoms with Gasteiger partial charge >= 0.3 is 0 Å². The third kappa shape index (κ3) is 4.31. The Bertz CT molecular complexity index is 1240. The van der Waals surface area contributed by atoms with Gasteiger partial charge in [0.2, 0.25) is 0 Å². The Hall–Kier alpha value is -2.30. The molecule has 4 N–H and O–H groups in total. The van der Waals surface area contributed by atoms with Gasteiger partial charge in [-0.1, -0.05) is 41.9 Å². The fourth-order valence-corrected chi connectivity index (χ4v) is 5.13. The van der Waals surface area contributed by atoms with Crippen LogP contribution in [-0.2, 0) is 11.2 Å². The lowest BCUT2D eigenvalue weighted by molar-refractivity contribution is -0.231. The second-order valence-corrected chi connectivity index (χ2v) is 9.58. The number of halogens is 1. The minimum absolute atomic E-state index is 0.479. The number of benzene rings is 2. The Kier molecular flexibility index (Phi) is 6.24. The predicted octanol–water partition coefficient (Wildman–Crippen LogP) is 3.32. The van der Waals surface area contributed by atoms with E-state index in [-0.39, 0.29) is 0 Å². The quantitative estimate of drug-likeness (QED) is 0.341. The zero-order valence-corrected chi connectivity index (χ0v) is 18.9. The van der Waals surface area contributed by atoms with Gasteiger partial charge in [0.25, 0.3) is 0 Å². The molecule has 5 rings (SSSR count). The van der Waals surface area contributed by atoms with Gasteiger partial charge in [-0.15, -0.1) is 11.3 Å². The standard InChI is InChI=1S/C24H22ClNO6S/c25-16-6-5-13(23-22(30)21(29)20(28)19(11-27)32-23)7-14(16)8-15-10-26-24(33-15)18-9-12-3-1-2-4-17(12)31-18/h1-7,9-10,19-23,27-30H,8,11H2/t19-,20-,21+,22-,23+/m1/s1. The average Bonchev–Trinajstić information content (AvgIpc) is 3.46. The van der Waals surface area contributed by atoms with Gasteiger partial charge in [0, 0.05) is 27.9 Å². The van der Waals surface area contributed by atoms with Crippen molar-refractivity contribution in [3.05, 3.63) is 75.8 Å². The summed E-state index contributed by atoms with van der Waals surface area (Å²) in [6.07, 6.45) is -3.79. The molecule has 9 heteroatoms. The van der Waals surface area contributed by atoms with E-state index in [1.54, 1.807) is 24.4 Å². The van der Waals surface area contributed by atoms with Crippen molar-refractivity contribution in [2.45, 2.75) is 36.9 Å². The van der Waals surface area contributed by atoms with Crippen LogP contribution in [0.3, 0.4) is 0 Å². The molecule has 4 aromatic rings. The van der Waals surface area contributed by atoms with Crippen molar-refractivity contribution in [3.8, 4) is 10.8 Å². The van der Waals surface area contributed by atoms with Crippen LogP contribution in [-0.4, -0.2) is 56.4 Å². The lowest BCUT2D eigenvalue weighted by Crippen LogP contribution is -2.55. The Balaban J connectivity index is 1.39. The summed E-state index contributed by atoms with van der Waals surface area (Å²) in [7, 11) is 0. The Morgan fingerprint density at radius 1 is 1.00 bits per heavy atom. The number of fused-ring (bicyclic) bond motifs is 1. The molecule has 33 heavy (non-hydrogen) atoms. The molecule has 0 radical (unpaired) electrons. The zero-order valence-electron chi connectivity index (χ0n) is 17.3. The molecule has 0 bridgehead atoms. The van der Waals surface area contributed by atoms with Gasteiger partial charge in [-0.3, -0.25) is 0 Å². The van der Waals surface area contributed by atoms with Crippen LogP contribution in [0.1, 0.15) is 22.1 Å². The van der Waals surface area contributed by atoms with Crippen molar-refractivity contribution in [1.29, 1.82) is 0 Å². The summed E-state index contributed by atoms with van der Waals surface area (Å²) in [4.78, 5) is 5.47. The molecule has 0 unspecified atom stereocenters. The van der Waals surface area contributed by atoms with Crippen molar-refractivity contribution in [2.24, 2.45) is 0 Å². The molecule has 5 atom stereocenters. The van der Waals surface area contributed by atoms with Gasteiger partial charge < -0.3 is 29.6 Å². The molecular weight excluding hydrogens is 466 g/mol. The van der Waals surface area contributed by atoms with Crippen molar-refractivity contribution in [2.75, 3.05) is 6.61 Å². The summed E-state index contributed by atoms with van der Waals surface area (Å²) in [5, 5.41) is 42.4. The van der Waals surface area contributed by atoms with Crippen LogP contribution >= 0.6 is 22.9 Å². The van der Waals surface area contributed by atoms with E-state index in [4.69, 9.17) is 20.8 Å². The number of aliphatic hydroxyl groups excluding tert-OH is 4. The number of thiazole rings is 1. The molecule has 0 aliphatic carbocycles. The lowest BCUT2D eigenvalue weighted by atomic mass is 9.90. The van der Waals surface area contributed by atoms with Gasteiger partial charge in [0.15, 0.2) is 10.8 Å². The van der Waals surface area contributed by atoms with Crippen LogP contribution in [0.4, 0.5) is 0 Å². The van der Waals surface area contributed by atoms with E-state index in [2.05, 4.69) is 4.98 Å². The molecular formula is C24H22ClNO6S. The fraction of sp³-hybridized carbons (Fsp3) is 0.292. The summed E-state index contributed by atoms with van der Waals surface area (Å²) in [6, 6.07) is 15.0. The highest BCUT2D eigenvalue weighted by Gasteiger charge is 2.44. The van der Waals surface area contributed by atoms with E-state index >= 15 is 0 Å². The maximum Gasteiger partial charge on any atom is 0.164 e. The lowest BCUT2D eigenvalue weighted by Gasteiger charge is -2.40. The normalized spacial score (nSPS) is 25.5. The van der Waals surface area contributed by atoms with Crippen molar-refractivity contribution >= 4 is 33.9 Å². The number of aromatic nitrogens is 1. The van der Waals surface area contributed by atoms with Crippen LogP contribution in [0.25, 0.3) is 21.7 Å². The number of para-hydroxylation sites is 1. The molecule has 172 valence electrons. The second-order valence-electron chi connectivity index (χ2n) is 8.06. The molecule has 2 aromatic carbocycles. The monoisotopic (exact) mass is 487 g/mol. The van der Waals surface area contributed by atoms with E-state index in [1.807, 2.05) is 30.3 Å². The summed E-state index contributed by atoms with van der Waals surface area (Å²) in [6.45, 7) is -0.479. The molecule has 3 heterocycles. The molecule has 0 saturated carbocycles. The Labute approximate surface area is 198 Å². The third-order valence-electron chi connectivity index (χ3n) is 5.85. The maximum absolute atomic E-state index is 10.4. The molecule has 1 fully saturated rings. The fourth-order valence-electron chi connectivity index (χ4n) is 4.06. The first-order chi connectivity index (χ1) is 15.9. The van der Waals surface area contributed by atoms with E-state index < -0.39 is 37.1 Å². The van der Waals surface area contributed by atoms with Crippen molar-refractivity contribution in [1.82, 2.24) is 4.98 Å². The van der Waals surface area contributed by atoms with Crippen molar-refractivity contribution < 1.29 is 29.6 Å². The zero-order chi connectivity index (χ0) is 23.1. The average molecular weight is 488 g/mol. The minimum atomic E-state index is -1.44. The number of aliphatic hydroxyl groups is 4. The van der Waals surface area contributed by atoms with Crippen molar-refractivity contribution in [3.63, 3.8) is 0 Å². The topological polar surface area (TPSA) is 116 Å². The maximum atomic E-state index is 10.4. The SMILES string of the molecule is OC[C@H]1O[C@@H](c2ccc(Cl)c(Cc3cnc(-c4cc5ccccc5o4)s3)c2)[C@H](O)[C@@H](O)[C@@H]1O. The number of hydrogen-bond acceptors (Lipinski definition) is 8. The van der Waals surface area contributed by atoms with Gasteiger partial charge in [-0.25, -0.2) is 4.98 Å². The van der Waals surface area contributed by atoms with Gasteiger partial charge in [0.05, 0.1) is 6.61 Å². The van der Waals surface area contributed by atoms with Crippen LogP contribution < -0.4 is 0 Å². The van der Waals surface area contributed by atoms with Crippen LogP contribution in [0, 0.1) is 0 Å². The first-order valence-corrected chi connectivity index (χ1v) is 11.7. The minimum Gasteiger partial charge on any atom is -0.454 e. The van der Waals surface area contributed by atoms with E-state index in [0.29, 0.717) is 22.8 Å². The van der Waals surface area contributed by atoms with E-state index in [1.165, 1.54) is 11.3 Å². The van der Waals surface area contributed by atoms with Gasteiger partial charge in [-0.05, 0) is 29.3 Å². The number of hydrogen-bond donors (Lipinski definition) is 4. The number of ether oxygens (including phenoxy) is 1. The first-order valence-electron chi connectivity index (χ1n) is 10.5. The number of nitrogens with zero attached hydrogens (tertiary/aromatic N) is 1. The Morgan fingerprint density at radius 2 is 1.82 bits per heavy atom. The third-order valence-corrected chi connectivity index (χ3v) is 7.23. The summed E-state index contributed by atoms with van der Waals surface area (Å²) >= 11 is 7.94. The van der Waals surface area contributed by atoms with Crippen LogP contribution in [0.5, 0.6) is 0 Å². The highest BCUT2D eigenvalue weighted by Crippen LogP contribution is 2.36. The number of rotatable bonds is 5. The van der Waals surface area contributed by atoms with Crippen LogP contribution in [0.15, 0.2) is 59.1 Å². The molecule has 1 saturated heterocycles. The second kappa shape index (κ2) is 9.15. The van der Waals surface area contributed by atoms with E-state index in [0.717, 1.165) is 26.4 Å². The van der Waals surface area contributed by atoms with Crippen LogP contribution in [0.2, 0.25) is 5.02 Å². The molecule has 1 aliphatic rings. The predicted molar refractivity (Wildman–Crippen MR) is 124 cm³/mol. The Morgan fingerprint density at radius 3 is 2.61 bits per heavy atom. The number of furan rings is 1. The first kappa shape index (κ1) is 22.5. The summed E-state index contributed by atoms with van der Waals surface area (Å²) in [5.41, 5.74) is 2.19. The smallest absolute Gasteiger partial charge is 0.164 e. The summed E-state index contributed by atoms with van der Waals surface area (Å²) < 4.78 is 11.6. The molecule has 0 amide bonds. The molecule has 7 nitrogen and oxygen atoms in total. The summed E-state index contributed by atoms with van der Waals surface area (Å²) in [5.74, 6) is 0.702. The largest absolute Gasteiger partial charge is 0.454 e. The molecule has 0 spiro atoms. The molecule has 1 aliphatic heterocycles. The van der Waals surface area contributed by atoms with Gasteiger partial charge in [-0.2, -0.15) is 0 Å². The highest BCUT2D eigenvalue weighted by molar-refractivity contribution is 7.15. The molecule has 2 aromatic heterocycles. The highest BCUT2D eigenvalue weighted by atomic mass is 35.5.